The molecule has 0 aliphatic carbocycles. The van der Waals surface area contributed by atoms with Crippen molar-refractivity contribution in [1.82, 2.24) is 5.32 Å². The van der Waals surface area contributed by atoms with E-state index in [0.29, 0.717) is 0 Å². The highest BCUT2D eigenvalue weighted by atomic mass is 16.5. The summed E-state index contributed by atoms with van der Waals surface area (Å²) in [7, 11) is 1.77. The quantitative estimate of drug-likeness (QED) is 0.801. The van der Waals surface area contributed by atoms with Crippen molar-refractivity contribution in [2.75, 3.05) is 13.7 Å². The molecule has 0 heterocycles. The first kappa shape index (κ1) is 15.0. The minimum atomic E-state index is 0.108. The molecule has 0 unspecified atom stereocenters. The van der Waals surface area contributed by atoms with E-state index in [2.05, 4.69) is 52.1 Å². The number of rotatable bonds is 5. The Labute approximate surface area is 112 Å². The van der Waals surface area contributed by atoms with Crippen LogP contribution >= 0.6 is 0 Å². The Kier molecular flexibility index (Phi) is 5.21. The highest BCUT2D eigenvalue weighted by molar-refractivity contribution is 5.47. The van der Waals surface area contributed by atoms with Gasteiger partial charge in [-0.1, -0.05) is 45.4 Å². The lowest BCUT2D eigenvalue weighted by molar-refractivity contribution is 0.390. The van der Waals surface area contributed by atoms with E-state index < -0.39 is 0 Å². The normalized spacial score (nSPS) is 11.7. The molecule has 0 saturated heterocycles. The topological polar surface area (TPSA) is 21.3 Å². The van der Waals surface area contributed by atoms with Gasteiger partial charge in [0.2, 0.25) is 0 Å². The third kappa shape index (κ3) is 3.74. The summed E-state index contributed by atoms with van der Waals surface area (Å²) < 4.78 is 5.65. The summed E-state index contributed by atoms with van der Waals surface area (Å²) in [5.74, 6) is 1.04. The maximum atomic E-state index is 5.65. The molecular weight excluding hydrogens is 222 g/mol. The first-order valence-corrected chi connectivity index (χ1v) is 6.78. The van der Waals surface area contributed by atoms with Crippen LogP contribution in [0.1, 0.15) is 50.8 Å². The highest BCUT2D eigenvalue weighted by Crippen LogP contribution is 2.35. The monoisotopic (exact) mass is 249 g/mol. The number of nitrogens with one attached hydrogen (secondary N) is 1. The molecule has 1 N–H and O–H groups in total. The van der Waals surface area contributed by atoms with Gasteiger partial charge < -0.3 is 10.1 Å². The third-order valence-corrected chi connectivity index (χ3v) is 3.06. The molecule has 1 aromatic carbocycles. The summed E-state index contributed by atoms with van der Waals surface area (Å²) in [5, 5.41) is 3.45. The van der Waals surface area contributed by atoms with Crippen LogP contribution in [0.5, 0.6) is 5.75 Å². The van der Waals surface area contributed by atoms with E-state index >= 15 is 0 Å². The van der Waals surface area contributed by atoms with Crippen LogP contribution in [0.4, 0.5) is 0 Å². The zero-order valence-electron chi connectivity index (χ0n) is 12.7. The Morgan fingerprint density at radius 2 is 1.89 bits per heavy atom. The van der Waals surface area contributed by atoms with E-state index in [1.54, 1.807) is 7.11 Å². The minimum absolute atomic E-state index is 0.108. The summed E-state index contributed by atoms with van der Waals surface area (Å²) >= 11 is 0. The molecule has 0 aliphatic rings. The van der Waals surface area contributed by atoms with Crippen molar-refractivity contribution in [3.63, 3.8) is 0 Å². The maximum Gasteiger partial charge on any atom is 0.127 e. The number of aryl methyl sites for hydroxylation is 1. The molecular formula is C16H27NO. The summed E-state index contributed by atoms with van der Waals surface area (Å²) in [6.45, 7) is 12.9. The van der Waals surface area contributed by atoms with Crippen LogP contribution < -0.4 is 10.1 Å². The van der Waals surface area contributed by atoms with Crippen LogP contribution in [0.25, 0.3) is 0 Å². The summed E-state index contributed by atoms with van der Waals surface area (Å²) in [6.07, 6.45) is 1.15. The molecule has 0 amide bonds. The van der Waals surface area contributed by atoms with Crippen LogP contribution in [0.3, 0.4) is 0 Å². The summed E-state index contributed by atoms with van der Waals surface area (Å²) in [5.41, 5.74) is 3.96. The molecule has 0 fully saturated rings. The fraction of sp³-hybridized carbons (Fsp3) is 0.625. The van der Waals surface area contributed by atoms with Crippen LogP contribution in [0.2, 0.25) is 0 Å². The average Bonchev–Trinajstić information content (AvgIpc) is 2.27. The summed E-state index contributed by atoms with van der Waals surface area (Å²) in [6, 6.07) is 4.46. The highest BCUT2D eigenvalue weighted by Gasteiger charge is 2.21. The molecule has 0 aliphatic heterocycles. The Bertz CT molecular complexity index is 391. The molecule has 0 aromatic heterocycles. The molecule has 0 spiro atoms. The van der Waals surface area contributed by atoms with E-state index in [0.717, 1.165) is 25.3 Å². The lowest BCUT2D eigenvalue weighted by Gasteiger charge is -2.25. The first-order chi connectivity index (χ1) is 8.40. The van der Waals surface area contributed by atoms with Crippen molar-refractivity contribution >= 4 is 0 Å². The molecule has 1 rings (SSSR count). The average molecular weight is 249 g/mol. The van der Waals surface area contributed by atoms with Gasteiger partial charge in [-0.3, -0.25) is 0 Å². The fourth-order valence-corrected chi connectivity index (χ4v) is 2.18. The van der Waals surface area contributed by atoms with Gasteiger partial charge in [0.05, 0.1) is 7.11 Å². The molecule has 0 saturated carbocycles. The summed E-state index contributed by atoms with van der Waals surface area (Å²) in [4.78, 5) is 0. The Hall–Kier alpha value is -1.02. The van der Waals surface area contributed by atoms with E-state index in [9.17, 15) is 0 Å². The molecule has 18 heavy (non-hydrogen) atoms. The van der Waals surface area contributed by atoms with Crippen molar-refractivity contribution in [3.05, 3.63) is 28.8 Å². The predicted octanol–water partition coefficient (Wildman–Crippen LogP) is 3.80. The number of methoxy groups -OCH3 is 1. The predicted molar refractivity (Wildman–Crippen MR) is 78.4 cm³/mol. The molecule has 0 atom stereocenters. The van der Waals surface area contributed by atoms with Gasteiger partial charge in [-0.05, 0) is 25.3 Å². The van der Waals surface area contributed by atoms with Crippen LogP contribution in [0, 0.1) is 6.92 Å². The van der Waals surface area contributed by atoms with Gasteiger partial charge in [0.15, 0.2) is 0 Å². The van der Waals surface area contributed by atoms with Crippen LogP contribution in [0.15, 0.2) is 12.1 Å². The smallest absolute Gasteiger partial charge is 0.127 e. The minimum Gasteiger partial charge on any atom is -0.496 e. The van der Waals surface area contributed by atoms with Gasteiger partial charge in [0.25, 0.3) is 0 Å². The lowest BCUT2D eigenvalue weighted by Crippen LogP contribution is -2.18. The molecule has 1 aromatic rings. The molecule has 102 valence electrons. The second-order valence-corrected chi connectivity index (χ2v) is 5.93. The zero-order chi connectivity index (χ0) is 13.8. The second-order valence-electron chi connectivity index (χ2n) is 5.93. The third-order valence-electron chi connectivity index (χ3n) is 3.06. The zero-order valence-corrected chi connectivity index (χ0v) is 12.7. The van der Waals surface area contributed by atoms with Gasteiger partial charge >= 0.3 is 0 Å². The van der Waals surface area contributed by atoms with Gasteiger partial charge in [-0.2, -0.15) is 0 Å². The fourth-order valence-electron chi connectivity index (χ4n) is 2.18. The van der Waals surface area contributed by atoms with Crippen molar-refractivity contribution in [2.45, 2.75) is 53.0 Å². The number of hydrogen-bond acceptors (Lipinski definition) is 2. The van der Waals surface area contributed by atoms with E-state index in [4.69, 9.17) is 4.74 Å². The standard InChI is InChI=1S/C16H27NO/c1-7-8-17-11-13-9-12(2)10-14(15(13)18-6)16(3,4)5/h9-10,17H,7-8,11H2,1-6H3. The Morgan fingerprint density at radius 3 is 2.39 bits per heavy atom. The van der Waals surface area contributed by atoms with Crippen LogP contribution in [-0.4, -0.2) is 13.7 Å². The van der Waals surface area contributed by atoms with Gasteiger partial charge in [-0.15, -0.1) is 0 Å². The van der Waals surface area contributed by atoms with Crippen molar-refractivity contribution in [1.29, 1.82) is 0 Å². The van der Waals surface area contributed by atoms with Gasteiger partial charge in [-0.25, -0.2) is 0 Å². The SMILES string of the molecule is CCCNCc1cc(C)cc(C(C)(C)C)c1OC. The Morgan fingerprint density at radius 1 is 1.22 bits per heavy atom. The van der Waals surface area contributed by atoms with Gasteiger partial charge in [0, 0.05) is 17.7 Å². The maximum absolute atomic E-state index is 5.65. The molecule has 2 nitrogen and oxygen atoms in total. The molecule has 0 bridgehead atoms. The van der Waals surface area contributed by atoms with Crippen molar-refractivity contribution in [2.24, 2.45) is 0 Å². The molecule has 2 heteroatoms. The number of ether oxygens (including phenoxy) is 1. The lowest BCUT2D eigenvalue weighted by atomic mass is 9.84. The van der Waals surface area contributed by atoms with Crippen molar-refractivity contribution in [3.8, 4) is 5.75 Å². The van der Waals surface area contributed by atoms with Crippen LogP contribution in [-0.2, 0) is 12.0 Å². The van der Waals surface area contributed by atoms with Crippen molar-refractivity contribution < 1.29 is 4.74 Å². The first-order valence-electron chi connectivity index (χ1n) is 6.78. The number of benzene rings is 1. The largest absolute Gasteiger partial charge is 0.496 e. The number of hydrogen-bond donors (Lipinski definition) is 1. The second kappa shape index (κ2) is 6.24. The van der Waals surface area contributed by atoms with E-state index in [1.165, 1.54) is 16.7 Å². The van der Waals surface area contributed by atoms with E-state index in [1.807, 2.05) is 0 Å². The molecule has 0 radical (unpaired) electrons. The van der Waals surface area contributed by atoms with Gasteiger partial charge in [0.1, 0.15) is 5.75 Å². The Balaban J connectivity index is 3.12. The van der Waals surface area contributed by atoms with E-state index in [-0.39, 0.29) is 5.41 Å².